The lowest BCUT2D eigenvalue weighted by atomic mass is 9.92. The van der Waals surface area contributed by atoms with E-state index in [1.165, 1.54) is 7.05 Å². The number of rotatable bonds is 2. The highest BCUT2D eigenvalue weighted by Crippen LogP contribution is 2.34. The average Bonchev–Trinajstić information content (AvgIpc) is 3.14. The summed E-state index contributed by atoms with van der Waals surface area (Å²) < 4.78 is 0. The van der Waals surface area contributed by atoms with Gasteiger partial charge in [0.05, 0.1) is 22.3 Å². The summed E-state index contributed by atoms with van der Waals surface area (Å²) in [6, 6.07) is 14.8. The molecule has 0 unspecified atom stereocenters. The van der Waals surface area contributed by atoms with Crippen LogP contribution in [0.5, 0.6) is 0 Å². The summed E-state index contributed by atoms with van der Waals surface area (Å²) in [5.74, 6) is -1.31. The van der Waals surface area contributed by atoms with Gasteiger partial charge in [0.1, 0.15) is 0 Å². The number of nitrogens with zero attached hydrogens (tertiary/aromatic N) is 1. The van der Waals surface area contributed by atoms with Gasteiger partial charge >= 0.3 is 0 Å². The molecule has 0 aromatic heterocycles. The first-order chi connectivity index (χ1) is 14.8. The smallest absolute Gasteiger partial charge is 0.261 e. The highest BCUT2D eigenvalue weighted by atomic mass is 16.2. The van der Waals surface area contributed by atoms with Gasteiger partial charge in [-0.2, -0.15) is 0 Å². The number of nitrogens with one attached hydrogen (secondary N) is 1. The van der Waals surface area contributed by atoms with Crippen LogP contribution in [0.2, 0.25) is 0 Å². The second kappa shape index (κ2) is 6.47. The van der Waals surface area contributed by atoms with E-state index >= 15 is 0 Å². The van der Waals surface area contributed by atoms with E-state index in [9.17, 15) is 19.2 Å². The molecule has 3 aromatic carbocycles. The molecule has 2 heterocycles. The molecule has 2 aliphatic heterocycles. The van der Waals surface area contributed by atoms with Crippen molar-refractivity contribution in [1.82, 2.24) is 10.2 Å². The third kappa shape index (κ3) is 2.72. The molecular formula is C25H18N2O4. The highest BCUT2D eigenvalue weighted by molar-refractivity contribution is 6.22. The molecule has 2 aliphatic rings. The molecule has 4 amide bonds. The highest BCUT2D eigenvalue weighted by Gasteiger charge is 2.33. The van der Waals surface area contributed by atoms with E-state index in [2.05, 4.69) is 5.32 Å². The zero-order valence-electron chi connectivity index (χ0n) is 17.2. The second-order valence-corrected chi connectivity index (χ2v) is 7.96. The number of carbonyl (C=O) groups is 4. The second-order valence-electron chi connectivity index (χ2n) is 7.96. The molecule has 6 nitrogen and oxygen atoms in total. The van der Waals surface area contributed by atoms with Gasteiger partial charge in [-0.25, -0.2) is 0 Å². The summed E-state index contributed by atoms with van der Waals surface area (Å²) >= 11 is 0. The normalized spacial score (nSPS) is 14.7. The van der Waals surface area contributed by atoms with Crippen molar-refractivity contribution < 1.29 is 19.2 Å². The average molecular weight is 410 g/mol. The maximum atomic E-state index is 12.4. The van der Waals surface area contributed by atoms with Crippen LogP contribution in [-0.4, -0.2) is 35.6 Å². The number of hydrogen-bond acceptors (Lipinski definition) is 4. The van der Waals surface area contributed by atoms with Crippen LogP contribution in [0.1, 0.15) is 52.6 Å². The van der Waals surface area contributed by atoms with E-state index in [1.54, 1.807) is 24.3 Å². The minimum absolute atomic E-state index is 0.278. The minimum atomic E-state index is -0.379. The predicted molar refractivity (Wildman–Crippen MR) is 115 cm³/mol. The van der Waals surface area contributed by atoms with Crippen LogP contribution in [0.3, 0.4) is 0 Å². The van der Waals surface area contributed by atoms with Crippen LogP contribution in [0.15, 0.2) is 48.5 Å². The summed E-state index contributed by atoms with van der Waals surface area (Å²) in [6.07, 6.45) is 0. The topological polar surface area (TPSA) is 83.6 Å². The molecule has 0 aliphatic carbocycles. The third-order valence-electron chi connectivity index (χ3n) is 6.02. The molecule has 0 saturated carbocycles. The van der Waals surface area contributed by atoms with Gasteiger partial charge in [-0.3, -0.25) is 29.4 Å². The van der Waals surface area contributed by atoms with Crippen molar-refractivity contribution in [2.24, 2.45) is 0 Å². The molecule has 5 rings (SSSR count). The van der Waals surface area contributed by atoms with Gasteiger partial charge in [0.25, 0.3) is 23.6 Å². The van der Waals surface area contributed by atoms with Crippen molar-refractivity contribution in [1.29, 1.82) is 0 Å². The monoisotopic (exact) mass is 410 g/mol. The van der Waals surface area contributed by atoms with Crippen molar-refractivity contribution >= 4 is 23.6 Å². The molecule has 0 atom stereocenters. The standard InChI is InChI=1S/C25H18N2O4/c1-12-8-18-19(23(29)26-22(18)28)10-16(12)14-4-6-15(7-5-14)17-11-21-20(9-13(17)2)24(30)27(3)25(21)31/h4-11H,1-3H3,(H,26,28,29). The molecule has 6 heteroatoms. The number of carbonyl (C=O) groups excluding carboxylic acids is 4. The number of hydrogen-bond donors (Lipinski definition) is 1. The summed E-state index contributed by atoms with van der Waals surface area (Å²) in [4.78, 5) is 49.6. The molecular weight excluding hydrogens is 392 g/mol. The van der Waals surface area contributed by atoms with E-state index in [-0.39, 0.29) is 23.6 Å². The summed E-state index contributed by atoms with van der Waals surface area (Å²) in [6.45, 7) is 3.82. The summed E-state index contributed by atoms with van der Waals surface area (Å²) in [7, 11) is 1.49. The third-order valence-corrected chi connectivity index (χ3v) is 6.02. The van der Waals surface area contributed by atoms with Crippen LogP contribution >= 0.6 is 0 Å². The Balaban J connectivity index is 1.55. The Morgan fingerprint density at radius 3 is 1.48 bits per heavy atom. The minimum Gasteiger partial charge on any atom is -0.288 e. The molecule has 0 bridgehead atoms. The van der Waals surface area contributed by atoms with E-state index < -0.39 is 0 Å². The molecule has 152 valence electrons. The van der Waals surface area contributed by atoms with Crippen LogP contribution in [-0.2, 0) is 0 Å². The van der Waals surface area contributed by atoms with Gasteiger partial charge in [0.2, 0.25) is 0 Å². The molecule has 1 N–H and O–H groups in total. The van der Waals surface area contributed by atoms with Gasteiger partial charge in [-0.05, 0) is 71.5 Å². The van der Waals surface area contributed by atoms with Crippen LogP contribution in [0.4, 0.5) is 0 Å². The molecule has 0 spiro atoms. The summed E-state index contributed by atoms with van der Waals surface area (Å²) in [5.41, 5.74) is 7.06. The van der Waals surface area contributed by atoms with Crippen LogP contribution < -0.4 is 5.32 Å². The zero-order valence-corrected chi connectivity index (χ0v) is 17.2. The number of amides is 4. The number of fused-ring (bicyclic) bond motifs is 2. The Hall–Kier alpha value is -4.06. The Bertz CT molecular complexity index is 1350. The van der Waals surface area contributed by atoms with Crippen molar-refractivity contribution in [2.45, 2.75) is 13.8 Å². The number of imide groups is 2. The van der Waals surface area contributed by atoms with Gasteiger partial charge in [0.15, 0.2) is 0 Å². The van der Waals surface area contributed by atoms with Crippen LogP contribution in [0, 0.1) is 13.8 Å². The Morgan fingerprint density at radius 2 is 0.968 bits per heavy atom. The lowest BCUT2D eigenvalue weighted by molar-refractivity contribution is 0.0691. The molecule has 31 heavy (non-hydrogen) atoms. The van der Waals surface area contributed by atoms with Gasteiger partial charge < -0.3 is 0 Å². The van der Waals surface area contributed by atoms with Crippen molar-refractivity contribution in [3.63, 3.8) is 0 Å². The number of aryl methyl sites for hydroxylation is 2. The van der Waals surface area contributed by atoms with Crippen LogP contribution in [0.25, 0.3) is 22.3 Å². The number of benzene rings is 3. The Morgan fingerprint density at radius 1 is 0.581 bits per heavy atom. The fraction of sp³-hybridized carbons (Fsp3) is 0.120. The quantitative estimate of drug-likeness (QED) is 0.653. The maximum Gasteiger partial charge on any atom is 0.261 e. The van der Waals surface area contributed by atoms with E-state index in [4.69, 9.17) is 0 Å². The summed E-state index contributed by atoms with van der Waals surface area (Å²) in [5, 5.41) is 2.32. The van der Waals surface area contributed by atoms with Gasteiger partial charge in [-0.15, -0.1) is 0 Å². The van der Waals surface area contributed by atoms with Gasteiger partial charge in [-0.1, -0.05) is 24.3 Å². The first kappa shape index (κ1) is 18.9. The lowest BCUT2D eigenvalue weighted by Crippen LogP contribution is -2.24. The van der Waals surface area contributed by atoms with Gasteiger partial charge in [0, 0.05) is 7.05 Å². The van der Waals surface area contributed by atoms with Crippen molar-refractivity contribution in [2.75, 3.05) is 7.05 Å². The first-order valence-electron chi connectivity index (χ1n) is 9.84. The molecule has 3 aromatic rings. The fourth-order valence-electron chi connectivity index (χ4n) is 4.29. The first-order valence-corrected chi connectivity index (χ1v) is 9.84. The lowest BCUT2D eigenvalue weighted by Gasteiger charge is -2.11. The Labute approximate surface area is 178 Å². The van der Waals surface area contributed by atoms with E-state index in [0.717, 1.165) is 38.3 Å². The molecule has 0 radical (unpaired) electrons. The van der Waals surface area contributed by atoms with E-state index in [0.29, 0.717) is 22.3 Å². The SMILES string of the molecule is Cc1cc2c(cc1-c1ccc(-c3cc4c(cc3C)C(=O)N(C)C4=O)cc1)C(=O)NC2=O. The fourth-order valence-corrected chi connectivity index (χ4v) is 4.29. The van der Waals surface area contributed by atoms with E-state index in [1.807, 2.05) is 38.1 Å². The largest absolute Gasteiger partial charge is 0.288 e. The predicted octanol–water partition coefficient (Wildman–Crippen LogP) is 3.75. The zero-order chi connectivity index (χ0) is 22.0. The molecule has 0 saturated heterocycles. The maximum absolute atomic E-state index is 12.4. The van der Waals surface area contributed by atoms with Crippen molar-refractivity contribution in [3.8, 4) is 22.3 Å². The molecule has 0 fully saturated rings. The Kier molecular flexibility index (Phi) is 3.95. The van der Waals surface area contributed by atoms with Crippen molar-refractivity contribution in [3.05, 3.63) is 81.9 Å².